The fourth-order valence-electron chi connectivity index (χ4n) is 1.29. The Bertz CT molecular complexity index is 411. The van der Waals surface area contributed by atoms with Crippen LogP contribution in [-0.2, 0) is 4.74 Å². The molecule has 6 heteroatoms. The monoisotopic (exact) mass is 257 g/mol. The molecule has 0 aliphatic rings. The maximum atomic E-state index is 13.4. The normalized spacial score (nSPS) is 12.0. The number of carbonyl (C=O) groups excluding carboxylic acids is 1. The highest BCUT2D eigenvalue weighted by Crippen LogP contribution is 2.16. The number of aliphatic hydroxyl groups excluding tert-OH is 2. The van der Waals surface area contributed by atoms with Gasteiger partial charge in [-0.25, -0.2) is 9.18 Å². The molecule has 0 aliphatic carbocycles. The van der Waals surface area contributed by atoms with E-state index < -0.39 is 24.5 Å². The van der Waals surface area contributed by atoms with Crippen molar-refractivity contribution in [2.45, 2.75) is 13.0 Å². The Kier molecular flexibility index (Phi) is 5.54. The molecular formula is C12H16FNO4. The van der Waals surface area contributed by atoms with Gasteiger partial charge in [0.25, 0.3) is 0 Å². The van der Waals surface area contributed by atoms with Crippen molar-refractivity contribution >= 4 is 11.7 Å². The fraction of sp³-hybridized carbons (Fsp3) is 0.417. The first-order valence-electron chi connectivity index (χ1n) is 5.58. The van der Waals surface area contributed by atoms with Gasteiger partial charge in [-0.1, -0.05) is 0 Å². The van der Waals surface area contributed by atoms with E-state index >= 15 is 0 Å². The summed E-state index contributed by atoms with van der Waals surface area (Å²) in [5.41, 5.74) is 0.298. The molecule has 0 aromatic heterocycles. The Hall–Kier alpha value is -1.66. The van der Waals surface area contributed by atoms with Gasteiger partial charge < -0.3 is 20.3 Å². The Morgan fingerprint density at radius 1 is 1.56 bits per heavy atom. The van der Waals surface area contributed by atoms with Gasteiger partial charge in [-0.3, -0.25) is 0 Å². The minimum absolute atomic E-state index is 0.0142. The first-order chi connectivity index (χ1) is 8.58. The van der Waals surface area contributed by atoms with Crippen molar-refractivity contribution in [3.8, 4) is 0 Å². The molecule has 0 saturated heterocycles. The van der Waals surface area contributed by atoms with Crippen LogP contribution in [0.25, 0.3) is 0 Å². The molecule has 0 spiro atoms. The van der Waals surface area contributed by atoms with Crippen LogP contribution >= 0.6 is 0 Å². The number of ether oxygens (including phenoxy) is 1. The summed E-state index contributed by atoms with van der Waals surface area (Å²) in [6, 6.07) is 3.76. The first kappa shape index (κ1) is 14.4. The Morgan fingerprint density at radius 3 is 2.89 bits per heavy atom. The molecule has 0 aliphatic heterocycles. The van der Waals surface area contributed by atoms with Gasteiger partial charge in [0.1, 0.15) is 5.82 Å². The van der Waals surface area contributed by atoms with Crippen molar-refractivity contribution in [3.05, 3.63) is 29.6 Å². The van der Waals surface area contributed by atoms with Crippen molar-refractivity contribution in [1.82, 2.24) is 0 Å². The SMILES string of the molecule is CCOC(=O)c1ccc(F)c(NCC(O)CO)c1. The molecule has 1 rings (SSSR count). The molecule has 0 saturated carbocycles. The molecule has 1 aromatic rings. The summed E-state index contributed by atoms with van der Waals surface area (Å²) in [7, 11) is 0. The quantitative estimate of drug-likeness (QED) is 0.656. The highest BCUT2D eigenvalue weighted by Gasteiger charge is 2.11. The zero-order valence-corrected chi connectivity index (χ0v) is 10.0. The predicted molar refractivity (Wildman–Crippen MR) is 63.9 cm³/mol. The minimum Gasteiger partial charge on any atom is -0.462 e. The Morgan fingerprint density at radius 2 is 2.28 bits per heavy atom. The molecule has 1 unspecified atom stereocenters. The van der Waals surface area contributed by atoms with Crippen LogP contribution < -0.4 is 5.32 Å². The van der Waals surface area contributed by atoms with Crippen molar-refractivity contribution in [2.24, 2.45) is 0 Å². The van der Waals surface area contributed by atoms with E-state index in [0.29, 0.717) is 0 Å². The van der Waals surface area contributed by atoms with Gasteiger partial charge in [-0.15, -0.1) is 0 Å². The number of halogens is 1. The maximum Gasteiger partial charge on any atom is 0.338 e. The second kappa shape index (κ2) is 6.93. The molecule has 0 bridgehead atoms. The third kappa shape index (κ3) is 3.97. The molecule has 3 N–H and O–H groups in total. The number of esters is 1. The molecule has 1 aromatic carbocycles. The van der Waals surface area contributed by atoms with Crippen LogP contribution in [0.2, 0.25) is 0 Å². The zero-order valence-electron chi connectivity index (χ0n) is 10.0. The largest absolute Gasteiger partial charge is 0.462 e. The number of nitrogens with one attached hydrogen (secondary N) is 1. The van der Waals surface area contributed by atoms with E-state index in [0.717, 1.165) is 6.07 Å². The molecule has 0 heterocycles. The van der Waals surface area contributed by atoms with Gasteiger partial charge in [0.2, 0.25) is 0 Å². The number of rotatable bonds is 6. The lowest BCUT2D eigenvalue weighted by Gasteiger charge is -2.12. The lowest BCUT2D eigenvalue weighted by atomic mass is 10.2. The van der Waals surface area contributed by atoms with E-state index in [4.69, 9.17) is 14.9 Å². The van der Waals surface area contributed by atoms with Crippen molar-refractivity contribution in [3.63, 3.8) is 0 Å². The van der Waals surface area contributed by atoms with Gasteiger partial charge >= 0.3 is 5.97 Å². The molecule has 0 amide bonds. The highest BCUT2D eigenvalue weighted by molar-refractivity contribution is 5.90. The van der Waals surface area contributed by atoms with Crippen LogP contribution in [0.1, 0.15) is 17.3 Å². The third-order valence-electron chi connectivity index (χ3n) is 2.22. The second-order valence-electron chi connectivity index (χ2n) is 3.63. The lowest BCUT2D eigenvalue weighted by molar-refractivity contribution is 0.0526. The van der Waals surface area contributed by atoms with Crippen LogP contribution in [0.4, 0.5) is 10.1 Å². The Labute approximate surface area is 104 Å². The smallest absolute Gasteiger partial charge is 0.338 e. The average Bonchev–Trinajstić information content (AvgIpc) is 2.37. The zero-order chi connectivity index (χ0) is 13.5. The standard InChI is InChI=1S/C12H16FNO4/c1-2-18-12(17)8-3-4-10(13)11(5-8)14-6-9(16)7-15/h3-5,9,14-16H,2,6-7H2,1H3. The minimum atomic E-state index is -0.990. The summed E-state index contributed by atoms with van der Waals surface area (Å²) < 4.78 is 18.2. The number of anilines is 1. The average molecular weight is 257 g/mol. The summed E-state index contributed by atoms with van der Waals surface area (Å²) in [6.45, 7) is 1.48. The summed E-state index contributed by atoms with van der Waals surface area (Å²) >= 11 is 0. The van der Waals surface area contributed by atoms with Crippen LogP contribution in [0.3, 0.4) is 0 Å². The highest BCUT2D eigenvalue weighted by atomic mass is 19.1. The van der Waals surface area contributed by atoms with Crippen molar-refractivity contribution < 1.29 is 24.1 Å². The molecule has 18 heavy (non-hydrogen) atoms. The Balaban J connectivity index is 2.78. The number of benzene rings is 1. The summed E-state index contributed by atoms with van der Waals surface area (Å²) in [6.07, 6.45) is -0.990. The molecule has 0 fully saturated rings. The van der Waals surface area contributed by atoms with Crippen LogP contribution in [0.15, 0.2) is 18.2 Å². The van der Waals surface area contributed by atoms with E-state index in [9.17, 15) is 9.18 Å². The predicted octanol–water partition coefficient (Wildman–Crippen LogP) is 0.768. The van der Waals surface area contributed by atoms with E-state index in [-0.39, 0.29) is 24.4 Å². The first-order valence-corrected chi connectivity index (χ1v) is 5.58. The van der Waals surface area contributed by atoms with E-state index in [1.807, 2.05) is 0 Å². The molecule has 1 atom stereocenters. The molecule has 0 radical (unpaired) electrons. The van der Waals surface area contributed by atoms with Gasteiger partial charge in [-0.05, 0) is 25.1 Å². The van der Waals surface area contributed by atoms with E-state index in [1.165, 1.54) is 12.1 Å². The van der Waals surface area contributed by atoms with Gasteiger partial charge in [0.05, 0.1) is 30.6 Å². The van der Waals surface area contributed by atoms with E-state index in [2.05, 4.69) is 5.32 Å². The van der Waals surface area contributed by atoms with Crippen LogP contribution in [-0.4, -0.2) is 42.0 Å². The maximum absolute atomic E-state index is 13.4. The van der Waals surface area contributed by atoms with Gasteiger partial charge in [0.15, 0.2) is 0 Å². The number of carbonyl (C=O) groups is 1. The topological polar surface area (TPSA) is 78.8 Å². The second-order valence-corrected chi connectivity index (χ2v) is 3.63. The summed E-state index contributed by atoms with van der Waals surface area (Å²) in [5, 5.41) is 20.4. The molecule has 5 nitrogen and oxygen atoms in total. The van der Waals surface area contributed by atoms with E-state index in [1.54, 1.807) is 6.92 Å². The lowest BCUT2D eigenvalue weighted by Crippen LogP contribution is -2.23. The molecule has 100 valence electrons. The fourth-order valence-corrected chi connectivity index (χ4v) is 1.29. The summed E-state index contributed by atoms with van der Waals surface area (Å²) in [5.74, 6) is -1.09. The number of hydrogen-bond acceptors (Lipinski definition) is 5. The number of hydrogen-bond donors (Lipinski definition) is 3. The summed E-state index contributed by atoms with van der Waals surface area (Å²) in [4.78, 5) is 11.4. The van der Waals surface area contributed by atoms with Crippen molar-refractivity contribution in [1.29, 1.82) is 0 Å². The van der Waals surface area contributed by atoms with Crippen LogP contribution in [0.5, 0.6) is 0 Å². The van der Waals surface area contributed by atoms with Gasteiger partial charge in [0, 0.05) is 6.54 Å². The van der Waals surface area contributed by atoms with Crippen LogP contribution in [0, 0.1) is 5.82 Å². The van der Waals surface area contributed by atoms with Gasteiger partial charge in [-0.2, -0.15) is 0 Å². The number of aliphatic hydroxyl groups is 2. The van der Waals surface area contributed by atoms with Crippen molar-refractivity contribution in [2.75, 3.05) is 25.1 Å². The molecular weight excluding hydrogens is 241 g/mol. The third-order valence-corrected chi connectivity index (χ3v) is 2.22.